The fourth-order valence-electron chi connectivity index (χ4n) is 1.52. The maximum atomic E-state index is 11.8. The zero-order chi connectivity index (χ0) is 14.6. The van der Waals surface area contributed by atoms with Gasteiger partial charge in [-0.15, -0.1) is 0 Å². The monoisotopic (exact) mass is 266 g/mol. The van der Waals surface area contributed by atoms with Gasteiger partial charge in [0.05, 0.1) is 0 Å². The highest BCUT2D eigenvalue weighted by Gasteiger charge is 2.14. The highest BCUT2D eigenvalue weighted by molar-refractivity contribution is 5.84. The van der Waals surface area contributed by atoms with Crippen LogP contribution in [0.25, 0.3) is 0 Å². The molecule has 1 aromatic rings. The summed E-state index contributed by atoms with van der Waals surface area (Å²) in [6.07, 6.45) is 0. The zero-order valence-electron chi connectivity index (χ0n) is 12.1. The van der Waals surface area contributed by atoms with Gasteiger partial charge in [-0.05, 0) is 20.8 Å². The van der Waals surface area contributed by atoms with Gasteiger partial charge in [0.2, 0.25) is 5.91 Å². The molecule has 1 heterocycles. The van der Waals surface area contributed by atoms with Crippen molar-refractivity contribution in [2.75, 3.05) is 5.32 Å². The fourth-order valence-corrected chi connectivity index (χ4v) is 1.52. The molecule has 0 bridgehead atoms. The molecule has 0 aliphatic rings. The van der Waals surface area contributed by atoms with E-state index < -0.39 is 6.04 Å². The van der Waals surface area contributed by atoms with Gasteiger partial charge in [0.15, 0.2) is 0 Å². The molecule has 6 heteroatoms. The first kappa shape index (κ1) is 15.2. The molecule has 0 saturated carbocycles. The third-order valence-corrected chi connectivity index (χ3v) is 2.50. The van der Waals surface area contributed by atoms with Crippen LogP contribution in [0.15, 0.2) is 10.9 Å². The number of carbonyl (C=O) groups excluding carboxylic acids is 1. The second-order valence-corrected chi connectivity index (χ2v) is 5.20. The normalized spacial score (nSPS) is 12.6. The number of H-pyrrole nitrogens is 1. The summed E-state index contributed by atoms with van der Waals surface area (Å²) in [6, 6.07) is 0.984. The van der Waals surface area contributed by atoms with Gasteiger partial charge in [-0.2, -0.15) is 0 Å². The van der Waals surface area contributed by atoms with Crippen LogP contribution in [0.3, 0.4) is 0 Å². The molecule has 19 heavy (non-hydrogen) atoms. The van der Waals surface area contributed by atoms with Crippen molar-refractivity contribution < 1.29 is 4.79 Å². The Morgan fingerprint density at radius 3 is 2.42 bits per heavy atom. The number of aromatic amines is 1. The molecule has 0 saturated heterocycles. The fraction of sp³-hybridized carbons (Fsp3) is 0.615. The molecule has 0 fully saturated rings. The molecule has 0 aliphatic heterocycles. The minimum atomic E-state index is -0.447. The maximum Gasteiger partial charge on any atom is 0.252 e. The summed E-state index contributed by atoms with van der Waals surface area (Å²) < 4.78 is 0. The van der Waals surface area contributed by atoms with Crippen LogP contribution in [0, 0.1) is 0 Å². The molecule has 0 aromatic carbocycles. The molecule has 1 aromatic heterocycles. The Kier molecular flexibility index (Phi) is 5.09. The van der Waals surface area contributed by atoms with Crippen LogP contribution < -0.4 is 16.2 Å². The van der Waals surface area contributed by atoms with E-state index in [4.69, 9.17) is 0 Å². The lowest BCUT2D eigenvalue weighted by molar-refractivity contribution is -0.122. The molecular weight excluding hydrogens is 244 g/mol. The first-order valence-electron chi connectivity index (χ1n) is 6.47. The van der Waals surface area contributed by atoms with Crippen LogP contribution >= 0.6 is 0 Å². The average Bonchev–Trinajstić information content (AvgIpc) is 2.26. The van der Waals surface area contributed by atoms with Crippen LogP contribution in [-0.2, 0) is 4.79 Å². The van der Waals surface area contributed by atoms with E-state index in [0.29, 0.717) is 11.6 Å². The largest absolute Gasteiger partial charge is 0.358 e. The lowest BCUT2D eigenvalue weighted by Gasteiger charge is -2.17. The summed E-state index contributed by atoms with van der Waals surface area (Å²) in [5.74, 6) is 1.02. The maximum absolute atomic E-state index is 11.8. The Hall–Kier alpha value is -1.85. The summed E-state index contributed by atoms with van der Waals surface area (Å²) in [4.78, 5) is 30.2. The van der Waals surface area contributed by atoms with Crippen molar-refractivity contribution >= 4 is 11.7 Å². The van der Waals surface area contributed by atoms with Crippen LogP contribution in [0.2, 0.25) is 0 Å². The lowest BCUT2D eigenvalue weighted by Crippen LogP contribution is -2.41. The minimum Gasteiger partial charge on any atom is -0.358 e. The molecule has 0 spiro atoms. The number of aromatic nitrogens is 2. The smallest absolute Gasteiger partial charge is 0.252 e. The number of hydrogen-bond donors (Lipinski definition) is 3. The topological polar surface area (TPSA) is 86.9 Å². The van der Waals surface area contributed by atoms with Gasteiger partial charge in [-0.25, -0.2) is 4.98 Å². The summed E-state index contributed by atoms with van der Waals surface area (Å²) in [5, 5.41) is 5.74. The minimum absolute atomic E-state index is 0.0788. The average molecular weight is 266 g/mol. The second-order valence-electron chi connectivity index (χ2n) is 5.20. The van der Waals surface area contributed by atoms with E-state index in [2.05, 4.69) is 20.6 Å². The molecule has 1 rings (SSSR count). The van der Waals surface area contributed by atoms with Crippen molar-refractivity contribution in [2.45, 2.75) is 52.6 Å². The number of carbonyl (C=O) groups is 1. The molecule has 6 nitrogen and oxygen atoms in total. The summed E-state index contributed by atoms with van der Waals surface area (Å²) in [7, 11) is 0. The van der Waals surface area contributed by atoms with Gasteiger partial charge >= 0.3 is 0 Å². The van der Waals surface area contributed by atoms with E-state index in [0.717, 1.165) is 0 Å². The number of rotatable bonds is 5. The number of hydrogen-bond acceptors (Lipinski definition) is 4. The summed E-state index contributed by atoms with van der Waals surface area (Å²) >= 11 is 0. The van der Waals surface area contributed by atoms with Crippen molar-refractivity contribution in [1.29, 1.82) is 0 Å². The number of nitrogens with zero attached hydrogens (tertiary/aromatic N) is 1. The Balaban J connectivity index is 2.82. The van der Waals surface area contributed by atoms with E-state index in [9.17, 15) is 9.59 Å². The van der Waals surface area contributed by atoms with Crippen molar-refractivity contribution in [1.82, 2.24) is 15.3 Å². The molecule has 3 N–H and O–H groups in total. The van der Waals surface area contributed by atoms with Gasteiger partial charge in [0.1, 0.15) is 17.7 Å². The first-order valence-corrected chi connectivity index (χ1v) is 6.47. The lowest BCUT2D eigenvalue weighted by atomic mass is 10.2. The van der Waals surface area contributed by atoms with E-state index in [1.165, 1.54) is 6.07 Å². The third kappa shape index (κ3) is 4.73. The van der Waals surface area contributed by atoms with Crippen molar-refractivity contribution in [3.8, 4) is 0 Å². The quantitative estimate of drug-likeness (QED) is 0.748. The standard InChI is InChI=1S/C13H22N4O2/c1-7(2)12-16-10(6-11(18)17-12)15-9(5)13(19)14-8(3)4/h6-9H,1-5H3,(H,14,19)(H2,15,16,17,18). The molecule has 106 valence electrons. The van der Waals surface area contributed by atoms with Crippen LogP contribution in [-0.4, -0.2) is 28.0 Å². The number of anilines is 1. The first-order chi connectivity index (χ1) is 8.79. The third-order valence-electron chi connectivity index (χ3n) is 2.50. The molecular formula is C13H22N4O2. The number of amides is 1. The Morgan fingerprint density at radius 1 is 1.26 bits per heavy atom. The van der Waals surface area contributed by atoms with Gasteiger partial charge < -0.3 is 15.6 Å². The van der Waals surface area contributed by atoms with Crippen LogP contribution in [0.4, 0.5) is 5.82 Å². The highest BCUT2D eigenvalue weighted by Crippen LogP contribution is 2.09. The molecule has 0 aliphatic carbocycles. The SMILES string of the molecule is CC(C)NC(=O)C(C)Nc1cc(=O)[nH]c(C(C)C)n1. The van der Waals surface area contributed by atoms with Gasteiger partial charge in [-0.3, -0.25) is 9.59 Å². The van der Waals surface area contributed by atoms with E-state index >= 15 is 0 Å². The predicted octanol–water partition coefficient (Wildman–Crippen LogP) is 1.22. The Morgan fingerprint density at radius 2 is 1.89 bits per heavy atom. The molecule has 1 atom stereocenters. The predicted molar refractivity (Wildman–Crippen MR) is 75.3 cm³/mol. The van der Waals surface area contributed by atoms with Crippen molar-refractivity contribution in [3.63, 3.8) is 0 Å². The Labute approximate surface area is 113 Å². The number of nitrogens with one attached hydrogen (secondary N) is 3. The highest BCUT2D eigenvalue weighted by atomic mass is 16.2. The van der Waals surface area contributed by atoms with Gasteiger partial charge in [-0.1, -0.05) is 13.8 Å². The van der Waals surface area contributed by atoms with Crippen LogP contribution in [0.5, 0.6) is 0 Å². The second kappa shape index (κ2) is 6.36. The molecule has 1 amide bonds. The van der Waals surface area contributed by atoms with Crippen molar-refractivity contribution in [2.24, 2.45) is 0 Å². The summed E-state index contributed by atoms with van der Waals surface area (Å²) in [6.45, 7) is 9.41. The zero-order valence-corrected chi connectivity index (χ0v) is 12.1. The van der Waals surface area contributed by atoms with E-state index in [1.807, 2.05) is 27.7 Å². The van der Waals surface area contributed by atoms with E-state index in [-0.39, 0.29) is 23.4 Å². The van der Waals surface area contributed by atoms with E-state index in [1.54, 1.807) is 6.92 Å². The van der Waals surface area contributed by atoms with Gasteiger partial charge in [0, 0.05) is 18.0 Å². The molecule has 0 radical (unpaired) electrons. The molecule has 1 unspecified atom stereocenters. The summed E-state index contributed by atoms with van der Waals surface area (Å²) in [5.41, 5.74) is -0.224. The van der Waals surface area contributed by atoms with Crippen molar-refractivity contribution in [3.05, 3.63) is 22.2 Å². The Bertz CT molecular complexity index is 494. The van der Waals surface area contributed by atoms with Crippen LogP contribution in [0.1, 0.15) is 46.4 Å². The van der Waals surface area contributed by atoms with Gasteiger partial charge in [0.25, 0.3) is 5.56 Å².